The lowest BCUT2D eigenvalue weighted by Crippen LogP contribution is -2.64. The first kappa shape index (κ1) is 9.21. The molecule has 0 unspecified atom stereocenters. The van der Waals surface area contributed by atoms with E-state index < -0.39 is 5.60 Å². The van der Waals surface area contributed by atoms with Crippen molar-refractivity contribution in [1.29, 1.82) is 0 Å². The van der Waals surface area contributed by atoms with Crippen LogP contribution in [0.4, 0.5) is 0 Å². The molecule has 3 heteroatoms. The number of hydrogen-bond donors (Lipinski definition) is 1. The highest BCUT2D eigenvalue weighted by Gasteiger charge is 2.51. The summed E-state index contributed by atoms with van der Waals surface area (Å²) in [6.07, 6.45) is 0. The van der Waals surface area contributed by atoms with Crippen molar-refractivity contribution in [3.05, 3.63) is 35.9 Å². The van der Waals surface area contributed by atoms with Crippen LogP contribution in [0.25, 0.3) is 0 Å². The number of rotatable bonds is 2. The fourth-order valence-corrected chi connectivity index (χ4v) is 1.77. The Labute approximate surface area is 83.0 Å². The number of nitrogens with zero attached hydrogens (tertiary/aromatic N) is 1. The number of amides is 1. The topological polar surface area (TPSA) is 40.5 Å². The van der Waals surface area contributed by atoms with Crippen molar-refractivity contribution >= 4 is 5.91 Å². The summed E-state index contributed by atoms with van der Waals surface area (Å²) in [5, 5.41) is 10.1. The van der Waals surface area contributed by atoms with Gasteiger partial charge in [0.05, 0.1) is 6.54 Å². The van der Waals surface area contributed by atoms with Crippen LogP contribution in [-0.4, -0.2) is 29.0 Å². The second-order valence-corrected chi connectivity index (χ2v) is 3.55. The SMILES string of the molecule is CCN1C[C@@](O)(c2ccccc2)C1=O. The molecule has 0 bridgehead atoms. The van der Waals surface area contributed by atoms with Gasteiger partial charge in [0.2, 0.25) is 0 Å². The molecular weight excluding hydrogens is 178 g/mol. The predicted molar refractivity (Wildman–Crippen MR) is 52.6 cm³/mol. The molecule has 1 aliphatic heterocycles. The Morgan fingerprint density at radius 1 is 1.43 bits per heavy atom. The molecule has 1 saturated heterocycles. The summed E-state index contributed by atoms with van der Waals surface area (Å²) in [6, 6.07) is 9.09. The number of β-lactam (4-membered cyclic amide) rings is 1. The lowest BCUT2D eigenvalue weighted by molar-refractivity contribution is -0.176. The van der Waals surface area contributed by atoms with E-state index in [1.54, 1.807) is 17.0 Å². The first-order valence-corrected chi connectivity index (χ1v) is 4.76. The van der Waals surface area contributed by atoms with E-state index in [0.717, 1.165) is 0 Å². The van der Waals surface area contributed by atoms with Crippen LogP contribution in [0.2, 0.25) is 0 Å². The van der Waals surface area contributed by atoms with Gasteiger partial charge in [0.1, 0.15) is 0 Å². The summed E-state index contributed by atoms with van der Waals surface area (Å²) in [6.45, 7) is 2.97. The molecule has 0 spiro atoms. The molecule has 74 valence electrons. The minimum Gasteiger partial charge on any atom is -0.374 e. The molecule has 1 aromatic rings. The van der Waals surface area contributed by atoms with Gasteiger partial charge in [-0.2, -0.15) is 0 Å². The largest absolute Gasteiger partial charge is 0.374 e. The highest BCUT2D eigenvalue weighted by molar-refractivity contribution is 5.92. The number of likely N-dealkylation sites (N-methyl/N-ethyl adjacent to an activating group) is 1. The number of β-amino-alcohol motifs (C(OH)–C–C–N with tert-alkyl or cyclic N) is 1. The number of aliphatic hydroxyl groups is 1. The van der Waals surface area contributed by atoms with Crippen LogP contribution in [0.15, 0.2) is 30.3 Å². The van der Waals surface area contributed by atoms with Crippen molar-refractivity contribution in [3.63, 3.8) is 0 Å². The highest BCUT2D eigenvalue weighted by atomic mass is 16.3. The molecule has 0 saturated carbocycles. The lowest BCUT2D eigenvalue weighted by atomic mass is 9.85. The minimum atomic E-state index is -1.27. The molecule has 1 aliphatic rings. The summed E-state index contributed by atoms with van der Waals surface area (Å²) in [7, 11) is 0. The highest BCUT2D eigenvalue weighted by Crippen LogP contribution is 2.32. The number of benzene rings is 1. The van der Waals surface area contributed by atoms with Gasteiger partial charge in [-0.3, -0.25) is 4.79 Å². The van der Waals surface area contributed by atoms with Gasteiger partial charge in [0.25, 0.3) is 5.91 Å². The number of hydrogen-bond acceptors (Lipinski definition) is 2. The van der Waals surface area contributed by atoms with Crippen molar-refractivity contribution in [3.8, 4) is 0 Å². The van der Waals surface area contributed by atoms with E-state index in [1.807, 2.05) is 25.1 Å². The Morgan fingerprint density at radius 2 is 2.07 bits per heavy atom. The van der Waals surface area contributed by atoms with Gasteiger partial charge < -0.3 is 10.0 Å². The van der Waals surface area contributed by atoms with E-state index in [9.17, 15) is 9.90 Å². The van der Waals surface area contributed by atoms with Gasteiger partial charge in [-0.1, -0.05) is 30.3 Å². The molecule has 0 aliphatic carbocycles. The molecule has 14 heavy (non-hydrogen) atoms. The zero-order valence-corrected chi connectivity index (χ0v) is 8.10. The quantitative estimate of drug-likeness (QED) is 0.700. The average molecular weight is 191 g/mol. The third-order valence-corrected chi connectivity index (χ3v) is 2.69. The molecule has 0 radical (unpaired) electrons. The summed E-state index contributed by atoms with van der Waals surface area (Å²) in [4.78, 5) is 13.2. The third-order valence-electron chi connectivity index (χ3n) is 2.69. The van der Waals surface area contributed by atoms with Crippen LogP contribution >= 0.6 is 0 Å². The first-order chi connectivity index (χ1) is 6.68. The van der Waals surface area contributed by atoms with E-state index in [0.29, 0.717) is 18.7 Å². The van der Waals surface area contributed by atoms with Crippen LogP contribution in [-0.2, 0) is 10.4 Å². The fourth-order valence-electron chi connectivity index (χ4n) is 1.77. The summed E-state index contributed by atoms with van der Waals surface area (Å²) >= 11 is 0. The Bertz CT molecular complexity index is 350. The maximum Gasteiger partial charge on any atom is 0.261 e. The van der Waals surface area contributed by atoms with Gasteiger partial charge in [-0.15, -0.1) is 0 Å². The molecule has 0 aromatic heterocycles. The minimum absolute atomic E-state index is 0.189. The molecule has 1 heterocycles. The van der Waals surface area contributed by atoms with Gasteiger partial charge in [-0.05, 0) is 12.5 Å². The molecule has 1 aromatic carbocycles. The van der Waals surface area contributed by atoms with Crippen molar-refractivity contribution < 1.29 is 9.90 Å². The van der Waals surface area contributed by atoms with Gasteiger partial charge in [0.15, 0.2) is 5.60 Å². The summed E-state index contributed by atoms with van der Waals surface area (Å²) in [5.41, 5.74) is -0.577. The average Bonchev–Trinajstić information content (AvgIpc) is 2.26. The summed E-state index contributed by atoms with van der Waals surface area (Å²) < 4.78 is 0. The van der Waals surface area contributed by atoms with E-state index in [4.69, 9.17) is 0 Å². The van der Waals surface area contributed by atoms with Crippen LogP contribution in [0.3, 0.4) is 0 Å². The van der Waals surface area contributed by atoms with Crippen LogP contribution in [0, 0.1) is 0 Å². The Balaban J connectivity index is 2.25. The van der Waals surface area contributed by atoms with Gasteiger partial charge in [-0.25, -0.2) is 0 Å². The predicted octanol–water partition coefficient (Wildman–Crippen LogP) is 0.736. The maximum atomic E-state index is 11.6. The standard InChI is InChI=1S/C11H13NO2/c1-2-12-8-11(14,10(12)13)9-6-4-3-5-7-9/h3-7,14H,2,8H2,1H3/t11-/m1/s1. The van der Waals surface area contributed by atoms with Crippen LogP contribution in [0.1, 0.15) is 12.5 Å². The maximum absolute atomic E-state index is 11.6. The Morgan fingerprint density at radius 3 is 2.57 bits per heavy atom. The molecule has 3 nitrogen and oxygen atoms in total. The number of carbonyl (C=O) groups excluding carboxylic acids is 1. The van der Waals surface area contributed by atoms with Crippen LogP contribution in [0.5, 0.6) is 0 Å². The Hall–Kier alpha value is -1.35. The lowest BCUT2D eigenvalue weighted by Gasteiger charge is -2.44. The summed E-state index contributed by atoms with van der Waals surface area (Å²) in [5.74, 6) is -0.189. The van der Waals surface area contributed by atoms with Gasteiger partial charge in [0, 0.05) is 6.54 Å². The molecule has 2 rings (SSSR count). The fraction of sp³-hybridized carbons (Fsp3) is 0.364. The third kappa shape index (κ3) is 1.13. The van der Waals surface area contributed by atoms with E-state index >= 15 is 0 Å². The smallest absolute Gasteiger partial charge is 0.261 e. The first-order valence-electron chi connectivity index (χ1n) is 4.76. The number of likely N-dealkylation sites (tertiary alicyclic amines) is 1. The number of carbonyl (C=O) groups is 1. The second kappa shape index (κ2) is 3.10. The zero-order chi connectivity index (χ0) is 10.2. The Kier molecular flexibility index (Phi) is 2.04. The van der Waals surface area contributed by atoms with Crippen molar-refractivity contribution in [2.75, 3.05) is 13.1 Å². The molecular formula is C11H13NO2. The second-order valence-electron chi connectivity index (χ2n) is 3.55. The van der Waals surface area contributed by atoms with Crippen molar-refractivity contribution in [1.82, 2.24) is 4.90 Å². The van der Waals surface area contributed by atoms with E-state index in [2.05, 4.69) is 0 Å². The van der Waals surface area contributed by atoms with Crippen molar-refractivity contribution in [2.24, 2.45) is 0 Å². The molecule has 1 N–H and O–H groups in total. The van der Waals surface area contributed by atoms with Crippen LogP contribution < -0.4 is 0 Å². The van der Waals surface area contributed by atoms with E-state index in [-0.39, 0.29) is 5.91 Å². The molecule has 1 amide bonds. The molecule has 1 atom stereocenters. The monoisotopic (exact) mass is 191 g/mol. The molecule has 1 fully saturated rings. The van der Waals surface area contributed by atoms with Gasteiger partial charge >= 0.3 is 0 Å². The van der Waals surface area contributed by atoms with Crippen molar-refractivity contribution in [2.45, 2.75) is 12.5 Å². The normalized spacial score (nSPS) is 26.1. The van der Waals surface area contributed by atoms with E-state index in [1.165, 1.54) is 0 Å². The zero-order valence-electron chi connectivity index (χ0n) is 8.10.